The highest BCUT2D eigenvalue weighted by Gasteiger charge is 2.31. The molecule has 1 aliphatic rings. The van der Waals surface area contributed by atoms with Gasteiger partial charge < -0.3 is 0 Å². The van der Waals surface area contributed by atoms with Gasteiger partial charge in [-0.25, -0.2) is 12.7 Å². The van der Waals surface area contributed by atoms with E-state index in [1.165, 1.54) is 11.8 Å². The summed E-state index contributed by atoms with van der Waals surface area (Å²) in [4.78, 5) is 2.22. The number of aromatic amines is 1. The van der Waals surface area contributed by atoms with Gasteiger partial charge in [-0.15, -0.1) is 0 Å². The summed E-state index contributed by atoms with van der Waals surface area (Å²) in [6.45, 7) is 6.02. The Labute approximate surface area is 114 Å². The molecule has 2 rings (SSSR count). The highest BCUT2D eigenvalue weighted by Crippen LogP contribution is 2.20. The monoisotopic (exact) mass is 286 g/mol. The maximum absolute atomic E-state index is 11.5. The van der Waals surface area contributed by atoms with Crippen molar-refractivity contribution in [3.05, 3.63) is 17.0 Å². The fraction of sp³-hybridized carbons (Fsp3) is 0.750. The minimum Gasteiger partial charge on any atom is -0.298 e. The predicted octanol–water partition coefficient (Wildman–Crippen LogP) is 0.492. The summed E-state index contributed by atoms with van der Waals surface area (Å²) in [6, 6.07) is 0.281. The lowest BCUT2D eigenvalue weighted by Gasteiger charge is -2.24. The number of sulfonamides is 1. The quantitative estimate of drug-likeness (QED) is 0.875. The second-order valence-electron chi connectivity index (χ2n) is 5.39. The third-order valence-corrected chi connectivity index (χ3v) is 5.18. The van der Waals surface area contributed by atoms with Gasteiger partial charge in [0.2, 0.25) is 10.0 Å². The van der Waals surface area contributed by atoms with Crippen molar-refractivity contribution in [1.82, 2.24) is 19.4 Å². The average molecular weight is 286 g/mol. The maximum Gasteiger partial charge on any atom is 0.211 e. The standard InChI is InChI=1S/C12H22N4O2S/c1-9-12(10(2)14-13-9)8-15(3)11-5-6-16(7-11)19(4,17)18/h11H,5-8H2,1-4H3,(H,13,14). The van der Waals surface area contributed by atoms with Crippen LogP contribution in [0.15, 0.2) is 0 Å². The number of hydrogen-bond acceptors (Lipinski definition) is 4. The van der Waals surface area contributed by atoms with Crippen LogP contribution in [0.1, 0.15) is 23.4 Å². The average Bonchev–Trinajstić information content (AvgIpc) is 2.90. The Bertz CT molecular complexity index is 533. The Morgan fingerprint density at radius 2 is 2.16 bits per heavy atom. The minimum absolute atomic E-state index is 0.281. The van der Waals surface area contributed by atoms with E-state index in [9.17, 15) is 8.42 Å². The molecule has 19 heavy (non-hydrogen) atoms. The van der Waals surface area contributed by atoms with Crippen LogP contribution in [0.5, 0.6) is 0 Å². The number of likely N-dealkylation sites (N-methyl/N-ethyl adjacent to an activating group) is 1. The molecule has 2 heterocycles. The number of aryl methyl sites for hydroxylation is 2. The Hall–Kier alpha value is -0.920. The van der Waals surface area contributed by atoms with Gasteiger partial charge in [0.15, 0.2) is 0 Å². The highest BCUT2D eigenvalue weighted by atomic mass is 32.2. The normalized spacial score (nSPS) is 21.4. The van der Waals surface area contributed by atoms with Gasteiger partial charge in [0.1, 0.15) is 0 Å². The second kappa shape index (κ2) is 5.22. The van der Waals surface area contributed by atoms with Gasteiger partial charge in [-0.3, -0.25) is 10.00 Å². The number of nitrogens with zero attached hydrogens (tertiary/aromatic N) is 3. The van der Waals surface area contributed by atoms with E-state index >= 15 is 0 Å². The second-order valence-corrected chi connectivity index (χ2v) is 7.37. The molecule has 0 spiro atoms. The van der Waals surface area contributed by atoms with Crippen LogP contribution >= 0.6 is 0 Å². The summed E-state index contributed by atoms with van der Waals surface area (Å²) in [5.74, 6) is 0. The largest absolute Gasteiger partial charge is 0.298 e. The van der Waals surface area contributed by atoms with E-state index in [2.05, 4.69) is 15.1 Å². The number of nitrogens with one attached hydrogen (secondary N) is 1. The fourth-order valence-corrected chi connectivity index (χ4v) is 3.44. The molecule has 1 N–H and O–H groups in total. The molecule has 0 radical (unpaired) electrons. The Kier molecular flexibility index (Phi) is 3.98. The zero-order valence-corrected chi connectivity index (χ0v) is 12.8. The van der Waals surface area contributed by atoms with E-state index in [1.54, 1.807) is 4.31 Å². The van der Waals surface area contributed by atoms with E-state index in [0.717, 1.165) is 24.4 Å². The molecule has 0 aromatic carbocycles. The van der Waals surface area contributed by atoms with Crippen LogP contribution in [0.4, 0.5) is 0 Å². The number of hydrogen-bond donors (Lipinski definition) is 1. The molecule has 0 amide bonds. The van der Waals surface area contributed by atoms with Crippen LogP contribution in [0, 0.1) is 13.8 Å². The first-order chi connectivity index (χ1) is 8.79. The third-order valence-electron chi connectivity index (χ3n) is 3.91. The van der Waals surface area contributed by atoms with Crippen LogP contribution in [-0.4, -0.2) is 60.3 Å². The van der Waals surface area contributed by atoms with Crippen LogP contribution in [0.2, 0.25) is 0 Å². The first kappa shape index (κ1) is 14.5. The summed E-state index contributed by atoms with van der Waals surface area (Å²) in [6.07, 6.45) is 2.17. The predicted molar refractivity (Wildman–Crippen MR) is 74.4 cm³/mol. The Morgan fingerprint density at radius 3 is 2.63 bits per heavy atom. The Morgan fingerprint density at radius 1 is 1.47 bits per heavy atom. The van der Waals surface area contributed by atoms with Gasteiger partial charge in [0.05, 0.1) is 11.9 Å². The summed E-state index contributed by atoms with van der Waals surface area (Å²) in [5.41, 5.74) is 3.31. The molecule has 0 aliphatic carbocycles. The van der Waals surface area contributed by atoms with Gasteiger partial charge in [-0.1, -0.05) is 0 Å². The van der Waals surface area contributed by atoms with Crippen molar-refractivity contribution in [2.24, 2.45) is 0 Å². The molecule has 108 valence electrons. The van der Waals surface area contributed by atoms with Crippen LogP contribution in [-0.2, 0) is 16.6 Å². The molecule has 7 heteroatoms. The van der Waals surface area contributed by atoms with Crippen LogP contribution in [0.25, 0.3) is 0 Å². The van der Waals surface area contributed by atoms with E-state index < -0.39 is 10.0 Å². The maximum atomic E-state index is 11.5. The summed E-state index contributed by atoms with van der Waals surface area (Å²) in [5, 5.41) is 7.17. The van der Waals surface area contributed by atoms with Gasteiger partial charge in [0, 0.05) is 36.9 Å². The first-order valence-electron chi connectivity index (χ1n) is 6.45. The lowest BCUT2D eigenvalue weighted by molar-refractivity contribution is 0.241. The third kappa shape index (κ3) is 3.16. The lowest BCUT2D eigenvalue weighted by Crippen LogP contribution is -2.36. The van der Waals surface area contributed by atoms with Crippen molar-refractivity contribution < 1.29 is 8.42 Å². The molecular formula is C12H22N4O2S. The summed E-state index contributed by atoms with van der Waals surface area (Å²) < 4.78 is 24.6. The Balaban J connectivity index is 2.01. The first-order valence-corrected chi connectivity index (χ1v) is 8.29. The molecule has 0 bridgehead atoms. The van der Waals surface area contributed by atoms with E-state index in [-0.39, 0.29) is 6.04 Å². The minimum atomic E-state index is -3.06. The highest BCUT2D eigenvalue weighted by molar-refractivity contribution is 7.88. The molecule has 1 saturated heterocycles. The van der Waals surface area contributed by atoms with Crippen molar-refractivity contribution in [1.29, 1.82) is 0 Å². The van der Waals surface area contributed by atoms with Crippen molar-refractivity contribution in [3.8, 4) is 0 Å². The van der Waals surface area contributed by atoms with Crippen molar-refractivity contribution in [2.75, 3.05) is 26.4 Å². The smallest absolute Gasteiger partial charge is 0.211 e. The molecule has 1 aromatic heterocycles. The number of aromatic nitrogens is 2. The summed E-state index contributed by atoms with van der Waals surface area (Å²) >= 11 is 0. The molecule has 0 saturated carbocycles. The fourth-order valence-electron chi connectivity index (χ4n) is 2.56. The van der Waals surface area contributed by atoms with E-state index in [4.69, 9.17) is 0 Å². The number of H-pyrrole nitrogens is 1. The van der Waals surface area contributed by atoms with E-state index in [0.29, 0.717) is 13.1 Å². The lowest BCUT2D eigenvalue weighted by atomic mass is 10.1. The molecule has 1 atom stereocenters. The van der Waals surface area contributed by atoms with Gasteiger partial charge in [-0.05, 0) is 27.3 Å². The van der Waals surface area contributed by atoms with E-state index in [1.807, 2.05) is 20.9 Å². The molecular weight excluding hydrogens is 264 g/mol. The molecule has 1 aliphatic heterocycles. The van der Waals surface area contributed by atoms with Crippen LogP contribution in [0.3, 0.4) is 0 Å². The van der Waals surface area contributed by atoms with Crippen molar-refractivity contribution in [3.63, 3.8) is 0 Å². The molecule has 1 unspecified atom stereocenters. The summed E-state index contributed by atoms with van der Waals surface area (Å²) in [7, 11) is -1.02. The molecule has 6 nitrogen and oxygen atoms in total. The van der Waals surface area contributed by atoms with Crippen LogP contribution < -0.4 is 0 Å². The number of rotatable bonds is 4. The van der Waals surface area contributed by atoms with Crippen molar-refractivity contribution >= 4 is 10.0 Å². The van der Waals surface area contributed by atoms with Gasteiger partial charge in [-0.2, -0.15) is 5.10 Å². The topological polar surface area (TPSA) is 69.3 Å². The van der Waals surface area contributed by atoms with Gasteiger partial charge in [0.25, 0.3) is 0 Å². The van der Waals surface area contributed by atoms with Crippen molar-refractivity contribution in [2.45, 2.75) is 32.9 Å². The molecule has 1 fully saturated rings. The van der Waals surface area contributed by atoms with Gasteiger partial charge >= 0.3 is 0 Å². The zero-order chi connectivity index (χ0) is 14.2. The zero-order valence-electron chi connectivity index (χ0n) is 12.0. The SMILES string of the molecule is Cc1n[nH]c(C)c1CN(C)C1CCN(S(C)(=O)=O)C1. The molecule has 1 aromatic rings.